The zero-order valence-corrected chi connectivity index (χ0v) is 13.3. The Morgan fingerprint density at radius 1 is 1.45 bits per heavy atom. The van der Waals surface area contributed by atoms with Gasteiger partial charge in [0.1, 0.15) is 12.9 Å². The summed E-state index contributed by atoms with van der Waals surface area (Å²) in [4.78, 5) is 26.6. The largest absolute Gasteiger partial charge is 0.389 e. The molecule has 0 spiro atoms. The van der Waals surface area contributed by atoms with Crippen LogP contribution in [0.4, 0.5) is 0 Å². The summed E-state index contributed by atoms with van der Waals surface area (Å²) in [5.41, 5.74) is 0.729. The molecule has 0 aromatic carbocycles. The fourth-order valence-electron chi connectivity index (χ4n) is 2.83. The van der Waals surface area contributed by atoms with Crippen LogP contribution in [0.25, 0.3) is 0 Å². The molecule has 0 saturated heterocycles. The van der Waals surface area contributed by atoms with Gasteiger partial charge in [-0.25, -0.2) is 10.4 Å². The van der Waals surface area contributed by atoms with Crippen LogP contribution in [0, 0.1) is 5.92 Å². The predicted molar refractivity (Wildman–Crippen MR) is 79.7 cm³/mol. The lowest BCUT2D eigenvalue weighted by atomic mass is 10.1. The summed E-state index contributed by atoms with van der Waals surface area (Å²) in [5, 5.41) is 14.2. The second-order valence-electron chi connectivity index (χ2n) is 6.97. The lowest BCUT2D eigenvalue weighted by molar-refractivity contribution is -0.129. The number of nitrogens with zero attached hydrogens (tertiary/aromatic N) is 2. The minimum absolute atomic E-state index is 0.145. The number of rotatable bonds is 3. The zero-order chi connectivity index (χ0) is 17.1. The highest BCUT2D eigenvalue weighted by Crippen LogP contribution is 2.29. The van der Waals surface area contributed by atoms with Gasteiger partial charge in [-0.05, 0) is 25.8 Å². The van der Waals surface area contributed by atoms with Crippen molar-refractivity contribution >= 4 is 11.8 Å². The smallest absolute Gasteiger partial charge is 0.274 e. The van der Waals surface area contributed by atoms with E-state index in [2.05, 4.69) is 5.32 Å². The van der Waals surface area contributed by atoms with Crippen molar-refractivity contribution in [1.29, 1.82) is 0 Å². The lowest BCUT2D eigenvalue weighted by Gasteiger charge is -2.27. The van der Waals surface area contributed by atoms with E-state index in [0.29, 0.717) is 11.4 Å². The third kappa shape index (κ3) is 2.40. The van der Waals surface area contributed by atoms with Crippen LogP contribution >= 0.6 is 0 Å². The summed E-state index contributed by atoms with van der Waals surface area (Å²) < 4.78 is 8.16. The van der Waals surface area contributed by atoms with Crippen LogP contribution in [0.1, 0.15) is 27.7 Å². The summed E-state index contributed by atoms with van der Waals surface area (Å²) in [5.74, 6) is -0.0198. The topological polar surface area (TPSA) is 84.9 Å². The molecule has 3 aliphatic heterocycles. The molecule has 3 N–H and O–H groups in total. The van der Waals surface area contributed by atoms with Gasteiger partial charge in [-0.3, -0.25) is 9.59 Å². The van der Waals surface area contributed by atoms with Crippen LogP contribution in [-0.2, 0) is 9.59 Å². The van der Waals surface area contributed by atoms with Crippen molar-refractivity contribution in [3.63, 3.8) is 0 Å². The van der Waals surface area contributed by atoms with Gasteiger partial charge in [0.25, 0.3) is 11.8 Å². The molecule has 0 aromatic rings. The van der Waals surface area contributed by atoms with Crippen LogP contribution in [0.15, 0.2) is 23.2 Å². The Morgan fingerprint density at radius 2 is 2.14 bits per heavy atom. The molecule has 3 heterocycles. The summed E-state index contributed by atoms with van der Waals surface area (Å²) >= 11 is 0. The maximum absolute atomic E-state index is 12.7. The molecule has 7 heteroatoms. The van der Waals surface area contributed by atoms with Crippen molar-refractivity contribution in [3.8, 4) is 0 Å². The number of hydrogen-bond acceptors (Lipinski definition) is 5. The third-order valence-corrected chi connectivity index (χ3v) is 3.92. The highest BCUT2D eigenvalue weighted by molar-refractivity contribution is 6.10. The van der Waals surface area contributed by atoms with E-state index < -0.39 is 5.60 Å². The molecule has 0 aromatic heterocycles. The van der Waals surface area contributed by atoms with Crippen LogP contribution in [0.5, 0.6) is 0 Å². The normalized spacial score (nSPS) is 26.4. The van der Waals surface area contributed by atoms with Crippen LogP contribution in [-0.4, -0.2) is 51.6 Å². The van der Waals surface area contributed by atoms with Gasteiger partial charge in [0, 0.05) is 6.54 Å². The number of hydrogen-bond donors (Lipinski definition) is 3. The fraction of sp³-hybridized carbons (Fsp3) is 0.600. The first-order valence-corrected chi connectivity index (χ1v) is 7.46. The van der Waals surface area contributed by atoms with Crippen LogP contribution in [0.2, 0.25) is 1.41 Å². The molecule has 2 amide bonds. The van der Waals surface area contributed by atoms with Gasteiger partial charge in [0.15, 0.2) is 0 Å². The Kier molecular flexibility index (Phi) is 3.02. The predicted octanol–water partition coefficient (Wildman–Crippen LogP) is -0.330. The van der Waals surface area contributed by atoms with Crippen molar-refractivity contribution in [3.05, 3.63) is 23.2 Å². The molecule has 1 unspecified atom stereocenters. The van der Waals surface area contributed by atoms with E-state index in [1.165, 1.54) is 9.91 Å². The quantitative estimate of drug-likeness (QED) is 0.665. The Hall–Kier alpha value is -1.86. The Morgan fingerprint density at radius 3 is 2.73 bits per heavy atom. The van der Waals surface area contributed by atoms with Crippen molar-refractivity contribution in [1.82, 2.24) is 20.6 Å². The number of carbonyl (C=O) groups is 2. The zero-order valence-electron chi connectivity index (χ0n) is 14.3. The number of fused-ring (bicyclic) bond motifs is 1. The standard InChI is InChI=1S/C15H22N4O3/c1-8(2)10-5-11-16-12-9(13(20)19(11)17-10)6-18(14(12)21)7-15(3,4)22/h5,8,10,16-17,22H,6-7H2,1-4H3/i/hD. The van der Waals surface area contributed by atoms with Gasteiger partial charge in [-0.1, -0.05) is 13.8 Å². The molecule has 1 atom stereocenters. The monoisotopic (exact) mass is 307 g/mol. The summed E-state index contributed by atoms with van der Waals surface area (Å²) in [6, 6.07) is -0.218. The van der Waals surface area contributed by atoms with E-state index in [4.69, 9.17) is 1.41 Å². The minimum atomic E-state index is -1.03. The second-order valence-corrected chi connectivity index (χ2v) is 6.97. The first-order valence-electron chi connectivity index (χ1n) is 7.91. The van der Waals surface area contributed by atoms with E-state index in [1.54, 1.807) is 19.9 Å². The molecular weight excluding hydrogens is 284 g/mol. The van der Waals surface area contributed by atoms with Crippen LogP contribution in [0.3, 0.4) is 0 Å². The molecule has 0 aliphatic carbocycles. The molecule has 0 radical (unpaired) electrons. The van der Waals surface area contributed by atoms with Gasteiger partial charge in [-0.15, -0.1) is 0 Å². The van der Waals surface area contributed by atoms with E-state index in [1.807, 2.05) is 13.8 Å². The highest BCUT2D eigenvalue weighted by Gasteiger charge is 2.44. The third-order valence-electron chi connectivity index (χ3n) is 3.92. The molecule has 0 fully saturated rings. The molecule has 7 nitrogen and oxygen atoms in total. The van der Waals surface area contributed by atoms with E-state index >= 15 is 0 Å². The number of β-amino-alcohol motifs (C(OH)–C–C–N with tert-alkyl or cyclic N) is 1. The first kappa shape index (κ1) is 13.8. The summed E-state index contributed by atoms with van der Waals surface area (Å²) in [6.07, 6.45) is 1.80. The molecule has 22 heavy (non-hydrogen) atoms. The number of nitrogens with one attached hydrogen (secondary N) is 2. The summed E-state index contributed by atoms with van der Waals surface area (Å²) in [7, 11) is 0. The van der Waals surface area contributed by atoms with Crippen molar-refractivity contribution < 1.29 is 16.1 Å². The number of aliphatic hydroxyl groups is 1. The summed E-state index contributed by atoms with van der Waals surface area (Å²) in [6.45, 7) is 7.48. The van der Waals surface area contributed by atoms with Gasteiger partial charge in [-0.2, -0.15) is 0 Å². The molecular formula is C15H22N4O3. The number of hydrazine groups is 1. The minimum Gasteiger partial charge on any atom is -0.389 e. The maximum atomic E-state index is 12.7. The number of amides is 2. The lowest BCUT2D eigenvalue weighted by Crippen LogP contribution is -2.49. The van der Waals surface area contributed by atoms with Gasteiger partial charge in [0.05, 0.1) is 23.8 Å². The molecule has 0 bridgehead atoms. The van der Waals surface area contributed by atoms with Crippen molar-refractivity contribution in [2.75, 3.05) is 13.1 Å². The van der Waals surface area contributed by atoms with Gasteiger partial charge in [0.2, 0.25) is 0 Å². The van der Waals surface area contributed by atoms with Crippen molar-refractivity contribution in [2.45, 2.75) is 39.3 Å². The first-order chi connectivity index (χ1) is 10.6. The van der Waals surface area contributed by atoms with Crippen LogP contribution < -0.4 is 10.7 Å². The molecule has 3 rings (SSSR count). The van der Waals surface area contributed by atoms with Crippen molar-refractivity contribution in [2.24, 2.45) is 5.92 Å². The SMILES string of the molecule is [2H]N1C(C(C)C)C=C2NC3=C(CN(CC(C)(C)O)C3=O)C(=O)N21. The number of carbonyl (C=O) groups excluding carboxylic acids is 2. The fourth-order valence-corrected chi connectivity index (χ4v) is 2.83. The van der Waals surface area contributed by atoms with E-state index in [-0.39, 0.29) is 42.6 Å². The average molecular weight is 307 g/mol. The molecule has 3 aliphatic rings. The second kappa shape index (κ2) is 4.82. The highest BCUT2D eigenvalue weighted by atomic mass is 16.3. The Balaban J connectivity index is 1.87. The van der Waals surface area contributed by atoms with Gasteiger partial charge >= 0.3 is 0 Å². The van der Waals surface area contributed by atoms with Gasteiger partial charge < -0.3 is 15.3 Å². The maximum Gasteiger partial charge on any atom is 0.274 e. The average Bonchev–Trinajstić information content (AvgIpc) is 2.90. The van der Waals surface area contributed by atoms with E-state index in [9.17, 15) is 14.7 Å². The Labute approximate surface area is 131 Å². The molecule has 120 valence electrons. The van der Waals surface area contributed by atoms with E-state index in [0.717, 1.165) is 5.42 Å². The Bertz CT molecular complexity index is 635. The molecule has 0 saturated carbocycles.